The van der Waals surface area contributed by atoms with E-state index in [4.69, 9.17) is 5.11 Å². The first-order valence-corrected chi connectivity index (χ1v) is 8.15. The Kier molecular flexibility index (Phi) is 6.13. The van der Waals surface area contributed by atoms with E-state index in [0.29, 0.717) is 17.7 Å². The molecule has 0 radical (unpaired) electrons. The van der Waals surface area contributed by atoms with Crippen molar-refractivity contribution >= 4 is 17.6 Å². The van der Waals surface area contributed by atoms with E-state index in [0.717, 1.165) is 12.0 Å². The first-order chi connectivity index (χ1) is 11.5. The topological polar surface area (TPSA) is 66.4 Å². The van der Waals surface area contributed by atoms with Gasteiger partial charge in [0.1, 0.15) is 0 Å². The third kappa shape index (κ3) is 4.95. The largest absolute Gasteiger partial charge is 0.481 e. The first kappa shape index (κ1) is 17.7. The number of carbonyl (C=O) groups is 2. The van der Waals surface area contributed by atoms with Crippen molar-refractivity contribution in [2.24, 2.45) is 0 Å². The van der Waals surface area contributed by atoms with E-state index in [9.17, 15) is 9.59 Å². The maximum Gasteiger partial charge on any atom is 0.307 e. The summed E-state index contributed by atoms with van der Waals surface area (Å²) in [6.45, 7) is 4.10. The number of para-hydroxylation sites is 1. The zero-order valence-electron chi connectivity index (χ0n) is 14.1. The highest BCUT2D eigenvalue weighted by atomic mass is 16.4. The van der Waals surface area contributed by atoms with Crippen LogP contribution in [0.5, 0.6) is 0 Å². The SMILES string of the molecule is CCC(CC(=O)Nc1ccccc1CC(=O)O)c1ccc(C)cc1. The van der Waals surface area contributed by atoms with Crippen molar-refractivity contribution in [1.29, 1.82) is 0 Å². The van der Waals surface area contributed by atoms with Gasteiger partial charge in [-0.05, 0) is 36.5 Å². The van der Waals surface area contributed by atoms with Crippen molar-refractivity contribution in [3.8, 4) is 0 Å². The Hall–Kier alpha value is -2.62. The van der Waals surface area contributed by atoms with Crippen molar-refractivity contribution in [3.05, 3.63) is 65.2 Å². The van der Waals surface area contributed by atoms with Gasteiger partial charge in [0, 0.05) is 12.1 Å². The summed E-state index contributed by atoms with van der Waals surface area (Å²) in [6.07, 6.45) is 1.14. The molecule has 0 aliphatic carbocycles. The summed E-state index contributed by atoms with van der Waals surface area (Å²) in [4.78, 5) is 23.3. The molecule has 126 valence electrons. The lowest BCUT2D eigenvalue weighted by Crippen LogP contribution is -2.17. The van der Waals surface area contributed by atoms with Crippen LogP contribution >= 0.6 is 0 Å². The molecular weight excluding hydrogens is 302 g/mol. The number of amides is 1. The van der Waals surface area contributed by atoms with Gasteiger partial charge in [-0.25, -0.2) is 0 Å². The molecule has 2 N–H and O–H groups in total. The number of rotatable bonds is 7. The predicted molar refractivity (Wildman–Crippen MR) is 95.2 cm³/mol. The summed E-state index contributed by atoms with van der Waals surface area (Å²) in [5.41, 5.74) is 3.53. The molecule has 4 nitrogen and oxygen atoms in total. The summed E-state index contributed by atoms with van der Waals surface area (Å²) in [5.74, 6) is -0.861. The normalized spacial score (nSPS) is 11.8. The number of aryl methyl sites for hydroxylation is 1. The number of benzene rings is 2. The highest BCUT2D eigenvalue weighted by molar-refractivity contribution is 5.92. The second-order valence-electron chi connectivity index (χ2n) is 6.00. The Morgan fingerprint density at radius 3 is 2.38 bits per heavy atom. The van der Waals surface area contributed by atoms with Gasteiger partial charge in [-0.1, -0.05) is 55.0 Å². The number of hydrogen-bond donors (Lipinski definition) is 2. The third-order valence-corrected chi connectivity index (χ3v) is 4.11. The number of hydrogen-bond acceptors (Lipinski definition) is 2. The Bertz CT molecular complexity index is 707. The predicted octanol–water partition coefficient (Wildman–Crippen LogP) is 4.14. The van der Waals surface area contributed by atoms with Gasteiger partial charge in [0.15, 0.2) is 0 Å². The van der Waals surface area contributed by atoms with E-state index in [1.165, 1.54) is 5.56 Å². The standard InChI is InChI=1S/C20H23NO3/c1-3-15(16-10-8-14(2)9-11-16)12-19(22)21-18-7-5-4-6-17(18)13-20(23)24/h4-11,15H,3,12-13H2,1-2H3,(H,21,22)(H,23,24). The molecule has 2 rings (SSSR count). The van der Waals surface area contributed by atoms with Crippen LogP contribution in [-0.4, -0.2) is 17.0 Å². The quantitative estimate of drug-likeness (QED) is 0.804. The average molecular weight is 325 g/mol. The molecule has 1 unspecified atom stereocenters. The monoisotopic (exact) mass is 325 g/mol. The lowest BCUT2D eigenvalue weighted by atomic mass is 9.92. The van der Waals surface area contributed by atoms with Crippen LogP contribution in [0.15, 0.2) is 48.5 Å². The van der Waals surface area contributed by atoms with Crippen LogP contribution in [0.1, 0.15) is 42.4 Å². The maximum atomic E-state index is 12.4. The Balaban J connectivity index is 2.07. The van der Waals surface area contributed by atoms with Crippen molar-refractivity contribution in [2.45, 2.75) is 39.0 Å². The maximum absolute atomic E-state index is 12.4. The molecule has 0 saturated carbocycles. The molecule has 4 heteroatoms. The van der Waals surface area contributed by atoms with Crippen LogP contribution in [0.25, 0.3) is 0 Å². The molecule has 0 heterocycles. The van der Waals surface area contributed by atoms with E-state index in [-0.39, 0.29) is 18.2 Å². The highest BCUT2D eigenvalue weighted by Gasteiger charge is 2.16. The lowest BCUT2D eigenvalue weighted by Gasteiger charge is -2.16. The Morgan fingerprint density at radius 2 is 1.75 bits per heavy atom. The average Bonchev–Trinajstić information content (AvgIpc) is 2.55. The second kappa shape index (κ2) is 8.29. The van der Waals surface area contributed by atoms with E-state index in [2.05, 4.69) is 36.5 Å². The number of carbonyl (C=O) groups excluding carboxylic acids is 1. The lowest BCUT2D eigenvalue weighted by molar-refractivity contribution is -0.136. The van der Waals surface area contributed by atoms with Crippen LogP contribution in [0.2, 0.25) is 0 Å². The molecule has 0 bridgehead atoms. The second-order valence-corrected chi connectivity index (χ2v) is 6.00. The highest BCUT2D eigenvalue weighted by Crippen LogP contribution is 2.25. The number of carboxylic acids is 1. The van der Waals surface area contributed by atoms with Crippen LogP contribution in [0.3, 0.4) is 0 Å². The van der Waals surface area contributed by atoms with Crippen LogP contribution in [0, 0.1) is 6.92 Å². The minimum absolute atomic E-state index is 0.0970. The molecule has 2 aromatic carbocycles. The van der Waals surface area contributed by atoms with E-state index in [1.807, 2.05) is 6.92 Å². The van der Waals surface area contributed by atoms with Crippen molar-refractivity contribution in [3.63, 3.8) is 0 Å². The molecule has 0 fully saturated rings. The molecule has 1 amide bonds. The fourth-order valence-electron chi connectivity index (χ4n) is 2.72. The van der Waals surface area contributed by atoms with Gasteiger partial charge in [-0.15, -0.1) is 0 Å². The molecule has 0 saturated heterocycles. The van der Waals surface area contributed by atoms with Gasteiger partial charge < -0.3 is 10.4 Å². The van der Waals surface area contributed by atoms with Crippen LogP contribution in [-0.2, 0) is 16.0 Å². The van der Waals surface area contributed by atoms with Gasteiger partial charge in [0.05, 0.1) is 6.42 Å². The smallest absolute Gasteiger partial charge is 0.307 e. The molecule has 0 spiro atoms. The van der Waals surface area contributed by atoms with Gasteiger partial charge in [0.25, 0.3) is 0 Å². The fourth-order valence-corrected chi connectivity index (χ4v) is 2.72. The molecule has 0 aromatic heterocycles. The fraction of sp³-hybridized carbons (Fsp3) is 0.300. The molecule has 2 aromatic rings. The van der Waals surface area contributed by atoms with Crippen LogP contribution < -0.4 is 5.32 Å². The third-order valence-electron chi connectivity index (χ3n) is 4.11. The summed E-state index contributed by atoms with van der Waals surface area (Å²) in [5, 5.41) is 11.8. The number of carboxylic acid groups (broad SMARTS) is 1. The van der Waals surface area contributed by atoms with Gasteiger partial charge in [-0.2, -0.15) is 0 Å². The van der Waals surface area contributed by atoms with E-state index < -0.39 is 5.97 Å². The molecule has 1 atom stereocenters. The Morgan fingerprint density at radius 1 is 1.08 bits per heavy atom. The van der Waals surface area contributed by atoms with Crippen LogP contribution in [0.4, 0.5) is 5.69 Å². The number of anilines is 1. The van der Waals surface area contributed by atoms with Gasteiger partial charge >= 0.3 is 5.97 Å². The van der Waals surface area contributed by atoms with Gasteiger partial charge in [-0.3, -0.25) is 9.59 Å². The van der Waals surface area contributed by atoms with Crippen molar-refractivity contribution < 1.29 is 14.7 Å². The summed E-state index contributed by atoms with van der Waals surface area (Å²) >= 11 is 0. The van der Waals surface area contributed by atoms with Crippen molar-refractivity contribution in [2.75, 3.05) is 5.32 Å². The number of aliphatic carboxylic acids is 1. The van der Waals surface area contributed by atoms with E-state index in [1.54, 1.807) is 24.3 Å². The summed E-state index contributed by atoms with van der Waals surface area (Å²) in [6, 6.07) is 15.3. The molecular formula is C20H23NO3. The first-order valence-electron chi connectivity index (χ1n) is 8.15. The van der Waals surface area contributed by atoms with Crippen molar-refractivity contribution in [1.82, 2.24) is 0 Å². The zero-order valence-corrected chi connectivity index (χ0v) is 14.1. The number of nitrogens with one attached hydrogen (secondary N) is 1. The minimum atomic E-state index is -0.914. The Labute approximate surface area is 142 Å². The summed E-state index contributed by atoms with van der Waals surface area (Å²) < 4.78 is 0. The minimum Gasteiger partial charge on any atom is -0.481 e. The zero-order chi connectivity index (χ0) is 17.5. The molecule has 0 aliphatic rings. The molecule has 0 aliphatic heterocycles. The van der Waals surface area contributed by atoms with E-state index >= 15 is 0 Å². The summed E-state index contributed by atoms with van der Waals surface area (Å²) in [7, 11) is 0. The molecule has 24 heavy (non-hydrogen) atoms. The van der Waals surface area contributed by atoms with Gasteiger partial charge in [0.2, 0.25) is 5.91 Å².